The van der Waals surface area contributed by atoms with Crippen LogP contribution in [0.1, 0.15) is 28.6 Å². The van der Waals surface area contributed by atoms with Crippen molar-refractivity contribution < 1.29 is 26.9 Å². The van der Waals surface area contributed by atoms with E-state index in [1.165, 1.54) is 13.1 Å². The Morgan fingerprint density at radius 3 is 2.62 bits per heavy atom. The maximum absolute atomic E-state index is 12.1. The van der Waals surface area contributed by atoms with E-state index in [1.54, 1.807) is 30.3 Å². The van der Waals surface area contributed by atoms with Crippen LogP contribution in [0.4, 0.5) is 0 Å². The molecule has 2 aromatic rings. The van der Waals surface area contributed by atoms with Gasteiger partial charge in [0.2, 0.25) is 0 Å². The molecule has 11 heteroatoms. The lowest BCUT2D eigenvalue weighted by Gasteiger charge is -2.18. The molecule has 1 aromatic heterocycles. The fourth-order valence-corrected chi connectivity index (χ4v) is 3.61. The van der Waals surface area contributed by atoms with Crippen molar-refractivity contribution in [1.29, 1.82) is 0 Å². The van der Waals surface area contributed by atoms with Gasteiger partial charge in [-0.25, -0.2) is 9.59 Å². The van der Waals surface area contributed by atoms with Crippen LogP contribution >= 0.6 is 0 Å². The van der Waals surface area contributed by atoms with Crippen LogP contribution < -0.4 is 11.2 Å². The van der Waals surface area contributed by atoms with Crippen molar-refractivity contribution in [3.8, 4) is 0 Å². The van der Waals surface area contributed by atoms with E-state index in [-0.39, 0.29) is 18.6 Å². The number of hydrogen-bond acceptors (Lipinski definition) is 8. The van der Waals surface area contributed by atoms with E-state index < -0.39 is 45.8 Å². The first-order chi connectivity index (χ1) is 13.6. The van der Waals surface area contributed by atoms with E-state index in [2.05, 4.69) is 4.98 Å². The van der Waals surface area contributed by atoms with Crippen LogP contribution in [0.15, 0.2) is 46.1 Å². The predicted octanol–water partition coefficient (Wildman–Crippen LogP) is 0.334. The number of ether oxygens (including phenoxy) is 2. The highest BCUT2D eigenvalue weighted by Crippen LogP contribution is 2.31. The quantitative estimate of drug-likeness (QED) is 0.518. The van der Waals surface area contributed by atoms with Gasteiger partial charge >= 0.3 is 11.7 Å². The summed E-state index contributed by atoms with van der Waals surface area (Å²) in [7, 11) is -3.83. The number of nitrogens with zero attached hydrogens (tertiary/aromatic N) is 1. The van der Waals surface area contributed by atoms with Crippen molar-refractivity contribution in [3.05, 3.63) is 68.5 Å². The lowest BCUT2D eigenvalue weighted by molar-refractivity contribution is -0.0491. The standard InChI is InChI=1S/C18H20N2O8S/c1-11-9-20(18(23)19-16(11)21)15-8-13(28-29(2,24)25)14(27-15)10-26-17(22)12-6-4-3-5-7-12/h3-7,9,13-15H,8,10H2,1-2H3,(H,19,21,23)/t13-,14+,15-/m0/s1. The van der Waals surface area contributed by atoms with Crippen LogP contribution in [0.3, 0.4) is 0 Å². The summed E-state index contributed by atoms with van der Waals surface area (Å²) in [6.45, 7) is 1.24. The molecule has 1 aromatic carbocycles. The van der Waals surface area contributed by atoms with Crippen LogP contribution in [0, 0.1) is 6.92 Å². The van der Waals surface area contributed by atoms with Gasteiger partial charge in [-0.2, -0.15) is 8.42 Å². The van der Waals surface area contributed by atoms with Gasteiger partial charge in [0, 0.05) is 18.2 Å². The van der Waals surface area contributed by atoms with E-state index in [0.717, 1.165) is 10.8 Å². The van der Waals surface area contributed by atoms with Crippen LogP contribution in [0.5, 0.6) is 0 Å². The van der Waals surface area contributed by atoms with Gasteiger partial charge in [-0.15, -0.1) is 0 Å². The number of hydrogen-bond donors (Lipinski definition) is 1. The number of benzene rings is 1. The van der Waals surface area contributed by atoms with Crippen molar-refractivity contribution >= 4 is 16.1 Å². The molecule has 1 saturated heterocycles. The zero-order chi connectivity index (χ0) is 21.2. The molecule has 3 atom stereocenters. The van der Waals surface area contributed by atoms with Crippen molar-refractivity contribution in [2.75, 3.05) is 12.9 Å². The third kappa shape index (κ3) is 5.19. The minimum Gasteiger partial charge on any atom is -0.459 e. The molecular weight excluding hydrogens is 404 g/mol. The number of esters is 1. The van der Waals surface area contributed by atoms with Crippen LogP contribution in [0.2, 0.25) is 0 Å². The minimum absolute atomic E-state index is 0.00597. The highest BCUT2D eigenvalue weighted by atomic mass is 32.2. The molecule has 1 fully saturated rings. The fraction of sp³-hybridized carbons (Fsp3) is 0.389. The molecule has 0 aliphatic carbocycles. The lowest BCUT2D eigenvalue weighted by atomic mass is 10.2. The monoisotopic (exact) mass is 424 g/mol. The Morgan fingerprint density at radius 2 is 1.97 bits per heavy atom. The summed E-state index contributed by atoms with van der Waals surface area (Å²) in [6, 6.07) is 8.27. The molecular formula is C18H20N2O8S. The Kier molecular flexibility index (Phi) is 6.01. The summed E-state index contributed by atoms with van der Waals surface area (Å²) in [5.41, 5.74) is -0.616. The molecule has 0 spiro atoms. The molecule has 0 radical (unpaired) electrons. The summed E-state index contributed by atoms with van der Waals surface area (Å²) in [5, 5.41) is 0. The second-order valence-electron chi connectivity index (χ2n) is 6.65. The van der Waals surface area contributed by atoms with Gasteiger partial charge in [-0.05, 0) is 19.1 Å². The Balaban J connectivity index is 1.79. The number of aromatic nitrogens is 2. The van der Waals surface area contributed by atoms with Gasteiger partial charge in [0.15, 0.2) is 0 Å². The Labute approximate surface area is 166 Å². The molecule has 0 amide bonds. The SMILES string of the molecule is Cc1cn([C@@H]2C[C@H](OS(C)(=O)=O)[C@@H](COC(=O)c3ccccc3)O2)c(=O)[nH]c1=O. The third-order valence-corrected chi connectivity index (χ3v) is 4.92. The molecule has 0 bridgehead atoms. The van der Waals surface area contributed by atoms with Crippen molar-refractivity contribution in [3.63, 3.8) is 0 Å². The number of rotatable bonds is 6. The molecule has 10 nitrogen and oxygen atoms in total. The molecule has 29 heavy (non-hydrogen) atoms. The van der Waals surface area contributed by atoms with E-state index in [4.69, 9.17) is 13.7 Å². The molecule has 0 saturated carbocycles. The number of aryl methyl sites for hydroxylation is 1. The van der Waals surface area contributed by atoms with Crippen LogP contribution in [0.25, 0.3) is 0 Å². The number of carbonyl (C=O) groups excluding carboxylic acids is 1. The van der Waals surface area contributed by atoms with Crippen LogP contribution in [-0.2, 0) is 23.8 Å². The summed E-state index contributed by atoms with van der Waals surface area (Å²) < 4.78 is 40.4. The van der Waals surface area contributed by atoms with Crippen molar-refractivity contribution in [2.45, 2.75) is 31.8 Å². The first kappa shape index (κ1) is 21.0. The Morgan fingerprint density at radius 1 is 1.28 bits per heavy atom. The van der Waals surface area contributed by atoms with E-state index in [1.807, 2.05) is 0 Å². The van der Waals surface area contributed by atoms with Gasteiger partial charge < -0.3 is 9.47 Å². The molecule has 1 N–H and O–H groups in total. The maximum atomic E-state index is 12.1. The van der Waals surface area contributed by atoms with Gasteiger partial charge in [-0.1, -0.05) is 18.2 Å². The van der Waals surface area contributed by atoms with Gasteiger partial charge in [-0.3, -0.25) is 18.5 Å². The van der Waals surface area contributed by atoms with Gasteiger partial charge in [0.1, 0.15) is 25.0 Å². The second kappa shape index (κ2) is 8.31. The topological polar surface area (TPSA) is 134 Å². The average Bonchev–Trinajstić information content (AvgIpc) is 3.04. The highest BCUT2D eigenvalue weighted by Gasteiger charge is 2.40. The first-order valence-corrected chi connectivity index (χ1v) is 10.5. The number of carbonyl (C=O) groups is 1. The molecule has 1 aliphatic heterocycles. The van der Waals surface area contributed by atoms with Crippen molar-refractivity contribution in [1.82, 2.24) is 9.55 Å². The zero-order valence-electron chi connectivity index (χ0n) is 15.7. The number of H-pyrrole nitrogens is 1. The van der Waals surface area contributed by atoms with Crippen LogP contribution in [-0.4, -0.2) is 49.0 Å². The van der Waals surface area contributed by atoms with E-state index in [9.17, 15) is 22.8 Å². The summed E-state index contributed by atoms with van der Waals surface area (Å²) in [4.78, 5) is 38.0. The molecule has 1 aliphatic rings. The lowest BCUT2D eigenvalue weighted by Crippen LogP contribution is -2.33. The van der Waals surface area contributed by atoms with E-state index in [0.29, 0.717) is 5.56 Å². The smallest absolute Gasteiger partial charge is 0.338 e. The third-order valence-electron chi connectivity index (χ3n) is 4.32. The van der Waals surface area contributed by atoms with E-state index >= 15 is 0 Å². The summed E-state index contributed by atoms with van der Waals surface area (Å²) in [5.74, 6) is -0.604. The molecule has 0 unspecified atom stereocenters. The molecule has 2 heterocycles. The van der Waals surface area contributed by atoms with Gasteiger partial charge in [0.05, 0.1) is 11.8 Å². The number of nitrogens with one attached hydrogen (secondary N) is 1. The highest BCUT2D eigenvalue weighted by molar-refractivity contribution is 7.86. The largest absolute Gasteiger partial charge is 0.459 e. The minimum atomic E-state index is -3.83. The zero-order valence-corrected chi connectivity index (χ0v) is 16.5. The molecule has 3 rings (SSSR count). The first-order valence-electron chi connectivity index (χ1n) is 8.72. The average molecular weight is 424 g/mol. The fourth-order valence-electron chi connectivity index (χ4n) is 2.96. The Hall–Kier alpha value is -2.76. The molecule has 156 valence electrons. The summed E-state index contributed by atoms with van der Waals surface area (Å²) in [6.07, 6.45) is -0.582. The summed E-state index contributed by atoms with van der Waals surface area (Å²) >= 11 is 0. The van der Waals surface area contributed by atoms with Gasteiger partial charge in [0.25, 0.3) is 15.7 Å². The second-order valence-corrected chi connectivity index (χ2v) is 8.25. The maximum Gasteiger partial charge on any atom is 0.338 e. The Bertz CT molecular complexity index is 1110. The number of aromatic amines is 1. The predicted molar refractivity (Wildman–Crippen MR) is 101 cm³/mol. The van der Waals surface area contributed by atoms with Crippen molar-refractivity contribution in [2.24, 2.45) is 0 Å². The normalized spacial score (nSPS) is 21.8.